The molecule has 0 aromatic heterocycles. The van der Waals surface area contributed by atoms with Crippen molar-refractivity contribution in [1.82, 2.24) is 0 Å². The molecule has 0 unspecified atom stereocenters. The largest absolute Gasteiger partial charge is 0.312 e. The van der Waals surface area contributed by atoms with Gasteiger partial charge < -0.3 is 4.90 Å². The standard InChI is InChI=1S/C16H15N3O5S/c20-16-6-3-11-18(16)13-9-7-12(8-10-13)17-25(23,24)15-5-2-1-4-14(15)19(21)22/h1-2,4-5,7-10,17H,3,6,11H2. The Balaban J connectivity index is 1.84. The molecule has 0 aliphatic carbocycles. The van der Waals surface area contributed by atoms with Gasteiger partial charge in [0.15, 0.2) is 4.90 Å². The highest BCUT2D eigenvalue weighted by Gasteiger charge is 2.25. The van der Waals surface area contributed by atoms with Crippen LogP contribution in [0.25, 0.3) is 0 Å². The minimum atomic E-state index is -4.10. The third-order valence-electron chi connectivity index (χ3n) is 3.86. The Kier molecular flexibility index (Phi) is 4.41. The Morgan fingerprint density at radius 1 is 1.08 bits per heavy atom. The first-order valence-electron chi connectivity index (χ1n) is 7.55. The maximum Gasteiger partial charge on any atom is 0.289 e. The van der Waals surface area contributed by atoms with Crippen molar-refractivity contribution in [3.63, 3.8) is 0 Å². The zero-order valence-corrected chi connectivity index (χ0v) is 13.9. The molecule has 1 aliphatic rings. The summed E-state index contributed by atoms with van der Waals surface area (Å²) in [5.74, 6) is 0.0354. The molecule has 130 valence electrons. The fourth-order valence-electron chi connectivity index (χ4n) is 2.68. The van der Waals surface area contributed by atoms with Crippen LogP contribution in [-0.2, 0) is 14.8 Å². The fraction of sp³-hybridized carbons (Fsp3) is 0.188. The molecular weight excluding hydrogens is 346 g/mol. The van der Waals surface area contributed by atoms with E-state index in [9.17, 15) is 23.3 Å². The van der Waals surface area contributed by atoms with Crippen LogP contribution in [-0.4, -0.2) is 25.8 Å². The van der Waals surface area contributed by atoms with Crippen molar-refractivity contribution >= 4 is 33.0 Å². The van der Waals surface area contributed by atoms with Gasteiger partial charge in [-0.15, -0.1) is 0 Å². The molecule has 3 rings (SSSR count). The number of sulfonamides is 1. The van der Waals surface area contributed by atoms with Crippen LogP contribution in [0, 0.1) is 10.1 Å². The first-order chi connectivity index (χ1) is 11.9. The highest BCUT2D eigenvalue weighted by Crippen LogP contribution is 2.27. The first kappa shape index (κ1) is 16.9. The molecule has 9 heteroatoms. The number of benzene rings is 2. The number of nitrogens with zero attached hydrogens (tertiary/aromatic N) is 2. The van der Waals surface area contributed by atoms with Gasteiger partial charge in [0.1, 0.15) is 0 Å². The number of amides is 1. The summed E-state index contributed by atoms with van der Waals surface area (Å²) in [7, 11) is -4.10. The van der Waals surface area contributed by atoms with Crippen molar-refractivity contribution in [3.05, 3.63) is 58.6 Å². The van der Waals surface area contributed by atoms with Gasteiger partial charge in [-0.3, -0.25) is 19.6 Å². The molecule has 2 aromatic rings. The average molecular weight is 361 g/mol. The third kappa shape index (κ3) is 3.45. The molecule has 1 fully saturated rings. The first-order valence-corrected chi connectivity index (χ1v) is 9.03. The van der Waals surface area contributed by atoms with Gasteiger partial charge in [-0.2, -0.15) is 0 Å². The number of nitro benzene ring substituents is 1. The quantitative estimate of drug-likeness (QED) is 0.650. The number of carbonyl (C=O) groups excluding carboxylic acids is 1. The second kappa shape index (κ2) is 6.52. The summed E-state index contributed by atoms with van der Waals surface area (Å²) in [6.07, 6.45) is 1.30. The van der Waals surface area contributed by atoms with Crippen molar-refractivity contribution in [3.8, 4) is 0 Å². The lowest BCUT2D eigenvalue weighted by atomic mass is 10.2. The monoisotopic (exact) mass is 361 g/mol. The van der Waals surface area contributed by atoms with Crippen molar-refractivity contribution in [2.75, 3.05) is 16.2 Å². The van der Waals surface area contributed by atoms with Crippen LogP contribution in [0.2, 0.25) is 0 Å². The SMILES string of the molecule is O=C1CCCN1c1ccc(NS(=O)(=O)c2ccccc2[N+](=O)[O-])cc1. The predicted octanol–water partition coefficient (Wildman–Crippen LogP) is 2.52. The lowest BCUT2D eigenvalue weighted by molar-refractivity contribution is -0.387. The van der Waals surface area contributed by atoms with Crippen LogP contribution < -0.4 is 9.62 Å². The minimum Gasteiger partial charge on any atom is -0.312 e. The molecule has 0 saturated carbocycles. The molecule has 0 bridgehead atoms. The molecule has 1 amide bonds. The van der Waals surface area contributed by atoms with Crippen LogP contribution in [0.4, 0.5) is 17.1 Å². The number of para-hydroxylation sites is 1. The maximum atomic E-state index is 12.4. The molecule has 1 N–H and O–H groups in total. The van der Waals surface area contributed by atoms with E-state index < -0.39 is 25.5 Å². The summed E-state index contributed by atoms with van der Waals surface area (Å²) in [4.78, 5) is 23.2. The van der Waals surface area contributed by atoms with E-state index in [0.717, 1.165) is 12.5 Å². The van der Waals surface area contributed by atoms with Crippen LogP contribution in [0.5, 0.6) is 0 Å². The lowest BCUT2D eigenvalue weighted by Gasteiger charge is -2.16. The van der Waals surface area contributed by atoms with E-state index in [1.54, 1.807) is 17.0 Å². The molecule has 0 spiro atoms. The molecule has 1 saturated heterocycles. The van der Waals surface area contributed by atoms with Gasteiger partial charge in [-0.1, -0.05) is 12.1 Å². The molecule has 25 heavy (non-hydrogen) atoms. The number of hydrogen-bond donors (Lipinski definition) is 1. The summed E-state index contributed by atoms with van der Waals surface area (Å²) in [6, 6.07) is 11.5. The Morgan fingerprint density at radius 2 is 1.76 bits per heavy atom. The Labute approximate surface area is 144 Å². The van der Waals surface area contributed by atoms with Gasteiger partial charge in [0.25, 0.3) is 15.7 Å². The summed E-state index contributed by atoms with van der Waals surface area (Å²) in [5, 5.41) is 11.0. The second-order valence-corrected chi connectivity index (χ2v) is 7.18. The van der Waals surface area contributed by atoms with Crippen molar-refractivity contribution < 1.29 is 18.1 Å². The van der Waals surface area contributed by atoms with E-state index in [-0.39, 0.29) is 11.6 Å². The van der Waals surface area contributed by atoms with E-state index in [1.807, 2.05) is 0 Å². The van der Waals surface area contributed by atoms with Gasteiger partial charge in [0, 0.05) is 30.4 Å². The lowest BCUT2D eigenvalue weighted by Crippen LogP contribution is -2.23. The van der Waals surface area contributed by atoms with Gasteiger partial charge >= 0.3 is 0 Å². The molecule has 0 radical (unpaired) electrons. The molecule has 1 aliphatic heterocycles. The van der Waals surface area contributed by atoms with E-state index in [1.165, 1.54) is 30.3 Å². The van der Waals surface area contributed by atoms with Crippen molar-refractivity contribution in [2.24, 2.45) is 0 Å². The van der Waals surface area contributed by atoms with Gasteiger partial charge in [-0.25, -0.2) is 8.42 Å². The Hall–Kier alpha value is -2.94. The third-order valence-corrected chi connectivity index (χ3v) is 5.28. The van der Waals surface area contributed by atoms with Gasteiger partial charge in [0.05, 0.1) is 4.92 Å². The number of carbonyl (C=O) groups is 1. The maximum absolute atomic E-state index is 12.4. The second-order valence-electron chi connectivity index (χ2n) is 5.53. The Bertz CT molecular complexity index is 925. The molecular formula is C16H15N3O5S. The zero-order valence-electron chi connectivity index (χ0n) is 13.1. The van der Waals surface area contributed by atoms with Crippen LogP contribution in [0.1, 0.15) is 12.8 Å². The van der Waals surface area contributed by atoms with Crippen molar-refractivity contribution in [1.29, 1.82) is 0 Å². The summed E-state index contributed by atoms with van der Waals surface area (Å²) >= 11 is 0. The van der Waals surface area contributed by atoms with Gasteiger partial charge in [-0.05, 0) is 36.8 Å². The highest BCUT2D eigenvalue weighted by molar-refractivity contribution is 7.92. The van der Waals surface area contributed by atoms with Crippen LogP contribution in [0.3, 0.4) is 0 Å². The average Bonchev–Trinajstić information content (AvgIpc) is 3.01. The number of nitrogens with one attached hydrogen (secondary N) is 1. The molecule has 2 aromatic carbocycles. The normalized spacial score (nSPS) is 14.6. The minimum absolute atomic E-state index is 0.0354. The Morgan fingerprint density at radius 3 is 2.36 bits per heavy atom. The van der Waals surface area contributed by atoms with Crippen LogP contribution >= 0.6 is 0 Å². The van der Waals surface area contributed by atoms with Gasteiger partial charge in [0.2, 0.25) is 5.91 Å². The van der Waals surface area contributed by atoms with E-state index in [2.05, 4.69) is 4.72 Å². The summed E-state index contributed by atoms with van der Waals surface area (Å²) in [5.41, 5.74) is 0.457. The number of hydrogen-bond acceptors (Lipinski definition) is 5. The molecule has 0 atom stereocenters. The highest BCUT2D eigenvalue weighted by atomic mass is 32.2. The zero-order chi connectivity index (χ0) is 18.0. The topological polar surface area (TPSA) is 110 Å². The molecule has 8 nitrogen and oxygen atoms in total. The number of nitro groups is 1. The van der Waals surface area contributed by atoms with Crippen LogP contribution in [0.15, 0.2) is 53.4 Å². The fourth-order valence-corrected chi connectivity index (χ4v) is 3.91. The smallest absolute Gasteiger partial charge is 0.289 e. The van der Waals surface area contributed by atoms with E-state index in [4.69, 9.17) is 0 Å². The predicted molar refractivity (Wildman–Crippen MR) is 91.9 cm³/mol. The number of rotatable bonds is 5. The summed E-state index contributed by atoms with van der Waals surface area (Å²) < 4.78 is 27.2. The molecule has 1 heterocycles. The number of anilines is 2. The van der Waals surface area contributed by atoms with Crippen molar-refractivity contribution in [2.45, 2.75) is 17.7 Å². The summed E-state index contributed by atoms with van der Waals surface area (Å²) in [6.45, 7) is 0.639. The van der Waals surface area contributed by atoms with E-state index >= 15 is 0 Å². The van der Waals surface area contributed by atoms with E-state index in [0.29, 0.717) is 18.7 Å².